The highest BCUT2D eigenvalue weighted by atomic mass is 16.2. The van der Waals surface area contributed by atoms with Crippen LogP contribution in [-0.4, -0.2) is 27.0 Å². The maximum Gasteiger partial charge on any atom is 0.269 e. The third kappa shape index (κ3) is 3.55. The molecule has 2 aromatic carbocycles. The normalized spacial score (nSPS) is 11.0. The van der Waals surface area contributed by atoms with E-state index in [-0.39, 0.29) is 11.5 Å². The molecule has 6 heteroatoms. The fourth-order valence-corrected chi connectivity index (χ4v) is 3.00. The van der Waals surface area contributed by atoms with Gasteiger partial charge in [0.25, 0.3) is 11.5 Å². The summed E-state index contributed by atoms with van der Waals surface area (Å²) in [6.45, 7) is 0.939. The van der Waals surface area contributed by atoms with Gasteiger partial charge in [-0.05, 0) is 30.7 Å². The highest BCUT2D eigenvalue weighted by Crippen LogP contribution is 2.11. The van der Waals surface area contributed by atoms with Crippen LogP contribution in [-0.2, 0) is 6.54 Å². The number of hydrogen-bond donors (Lipinski definition) is 1. The minimum absolute atomic E-state index is 0.0666. The van der Waals surface area contributed by atoms with Crippen molar-refractivity contribution >= 4 is 27.7 Å². The molecule has 0 radical (unpaired) electrons. The zero-order valence-corrected chi connectivity index (χ0v) is 14.6. The fraction of sp³-hybridized carbons (Fsp3) is 0.143. The number of hydrogen-bond acceptors (Lipinski definition) is 4. The first-order valence-electron chi connectivity index (χ1n) is 8.80. The molecule has 0 saturated carbocycles. The van der Waals surface area contributed by atoms with Crippen LogP contribution in [0.3, 0.4) is 0 Å². The lowest BCUT2D eigenvalue weighted by atomic mass is 10.2. The van der Waals surface area contributed by atoms with E-state index in [0.29, 0.717) is 36.1 Å². The minimum Gasteiger partial charge on any atom is -0.351 e. The number of nitrogens with zero attached hydrogens (tertiary/aromatic N) is 3. The number of pyridine rings is 1. The molecule has 0 fully saturated rings. The molecular weight excluding hydrogens is 340 g/mol. The summed E-state index contributed by atoms with van der Waals surface area (Å²) in [5, 5.41) is 4.45. The van der Waals surface area contributed by atoms with Gasteiger partial charge in [-0.3, -0.25) is 14.2 Å². The van der Waals surface area contributed by atoms with Gasteiger partial charge in [-0.15, -0.1) is 0 Å². The average molecular weight is 358 g/mol. The number of carbonyl (C=O) groups excluding carboxylic acids is 1. The molecule has 0 spiro atoms. The molecule has 4 aromatic rings. The van der Waals surface area contributed by atoms with Gasteiger partial charge in [0.05, 0.1) is 22.7 Å². The predicted octanol–water partition coefficient (Wildman–Crippen LogP) is 2.76. The molecule has 0 bridgehead atoms. The maximum absolute atomic E-state index is 12.4. The van der Waals surface area contributed by atoms with Crippen molar-refractivity contribution in [3.05, 3.63) is 83.0 Å². The molecule has 0 aliphatic rings. The van der Waals surface area contributed by atoms with Crippen LogP contribution in [0.5, 0.6) is 0 Å². The molecule has 27 heavy (non-hydrogen) atoms. The lowest BCUT2D eigenvalue weighted by molar-refractivity contribution is 0.0948. The molecule has 134 valence electrons. The van der Waals surface area contributed by atoms with E-state index in [1.165, 1.54) is 0 Å². The Morgan fingerprint density at radius 2 is 1.74 bits per heavy atom. The van der Waals surface area contributed by atoms with Crippen molar-refractivity contribution in [1.82, 2.24) is 19.9 Å². The Bertz CT molecular complexity index is 1180. The second-order valence-corrected chi connectivity index (χ2v) is 6.26. The van der Waals surface area contributed by atoms with Gasteiger partial charge in [0.1, 0.15) is 5.69 Å². The lowest BCUT2D eigenvalue weighted by Gasteiger charge is -2.08. The summed E-state index contributed by atoms with van der Waals surface area (Å²) in [6.07, 6.45) is 2.18. The Labute approximate surface area is 155 Å². The Hall–Kier alpha value is -3.54. The third-order valence-electron chi connectivity index (χ3n) is 4.42. The van der Waals surface area contributed by atoms with Crippen LogP contribution < -0.4 is 10.9 Å². The Morgan fingerprint density at radius 1 is 0.963 bits per heavy atom. The van der Waals surface area contributed by atoms with Gasteiger partial charge >= 0.3 is 0 Å². The van der Waals surface area contributed by atoms with E-state index in [2.05, 4.69) is 15.3 Å². The van der Waals surface area contributed by atoms with Gasteiger partial charge in [-0.2, -0.15) is 0 Å². The summed E-state index contributed by atoms with van der Waals surface area (Å²) in [4.78, 5) is 33.4. The second-order valence-electron chi connectivity index (χ2n) is 6.26. The Balaban J connectivity index is 1.37. The highest BCUT2D eigenvalue weighted by molar-refractivity contribution is 5.94. The molecule has 0 aliphatic carbocycles. The number of amides is 1. The molecule has 1 amide bonds. The standard InChI is InChI=1S/C21H18N4O2/c26-20(19-11-10-15-6-1-3-8-17(15)24-19)22-12-5-13-25-14-23-18-9-4-2-7-16(18)21(25)27/h1-4,6-11,14H,5,12-13H2,(H,22,26). The third-order valence-corrected chi connectivity index (χ3v) is 4.42. The van der Waals surface area contributed by atoms with Crippen LogP contribution in [0, 0.1) is 0 Å². The van der Waals surface area contributed by atoms with Crippen molar-refractivity contribution in [1.29, 1.82) is 0 Å². The molecule has 2 heterocycles. The lowest BCUT2D eigenvalue weighted by Crippen LogP contribution is -2.28. The summed E-state index contributed by atoms with van der Waals surface area (Å²) >= 11 is 0. The van der Waals surface area contributed by atoms with E-state index in [1.807, 2.05) is 48.5 Å². The average Bonchev–Trinajstić information content (AvgIpc) is 2.72. The van der Waals surface area contributed by atoms with Crippen molar-refractivity contribution in [2.75, 3.05) is 6.54 Å². The zero-order chi connectivity index (χ0) is 18.6. The van der Waals surface area contributed by atoms with E-state index in [0.717, 1.165) is 10.9 Å². The van der Waals surface area contributed by atoms with E-state index in [4.69, 9.17) is 0 Å². The van der Waals surface area contributed by atoms with Crippen LogP contribution in [0.1, 0.15) is 16.9 Å². The van der Waals surface area contributed by atoms with Gasteiger partial charge in [-0.1, -0.05) is 36.4 Å². The van der Waals surface area contributed by atoms with Crippen molar-refractivity contribution in [2.45, 2.75) is 13.0 Å². The Morgan fingerprint density at radius 3 is 2.63 bits per heavy atom. The van der Waals surface area contributed by atoms with Crippen LogP contribution in [0.2, 0.25) is 0 Å². The first-order valence-corrected chi connectivity index (χ1v) is 8.80. The van der Waals surface area contributed by atoms with Crippen molar-refractivity contribution in [3.63, 3.8) is 0 Å². The van der Waals surface area contributed by atoms with Crippen LogP contribution >= 0.6 is 0 Å². The maximum atomic E-state index is 12.4. The summed E-state index contributed by atoms with van der Waals surface area (Å²) in [5.74, 6) is -0.218. The van der Waals surface area contributed by atoms with Gasteiger partial charge in [0.15, 0.2) is 0 Å². The molecular formula is C21H18N4O2. The van der Waals surface area contributed by atoms with Crippen molar-refractivity contribution < 1.29 is 4.79 Å². The molecule has 0 aliphatic heterocycles. The molecule has 1 N–H and O–H groups in total. The number of rotatable bonds is 5. The zero-order valence-electron chi connectivity index (χ0n) is 14.6. The second kappa shape index (κ2) is 7.37. The van der Waals surface area contributed by atoms with Crippen molar-refractivity contribution in [2.24, 2.45) is 0 Å². The number of carbonyl (C=O) groups is 1. The first-order chi connectivity index (χ1) is 13.2. The van der Waals surface area contributed by atoms with Crippen LogP contribution in [0.25, 0.3) is 21.8 Å². The topological polar surface area (TPSA) is 76.9 Å². The number of nitrogens with one attached hydrogen (secondary N) is 1. The van der Waals surface area contributed by atoms with Crippen LogP contribution in [0.15, 0.2) is 71.8 Å². The van der Waals surface area contributed by atoms with E-state index in [9.17, 15) is 9.59 Å². The molecule has 0 unspecified atom stereocenters. The van der Waals surface area contributed by atoms with Gasteiger partial charge in [0, 0.05) is 18.5 Å². The minimum atomic E-state index is -0.218. The molecule has 6 nitrogen and oxygen atoms in total. The Kier molecular flexibility index (Phi) is 4.61. The monoisotopic (exact) mass is 358 g/mol. The largest absolute Gasteiger partial charge is 0.351 e. The van der Waals surface area contributed by atoms with E-state index >= 15 is 0 Å². The predicted molar refractivity (Wildman–Crippen MR) is 105 cm³/mol. The molecule has 0 atom stereocenters. The first kappa shape index (κ1) is 16.9. The molecule has 2 aromatic heterocycles. The summed E-state index contributed by atoms with van der Waals surface area (Å²) < 4.78 is 1.57. The SMILES string of the molecule is O=C(NCCCn1cnc2ccccc2c1=O)c1ccc2ccccc2n1. The van der Waals surface area contributed by atoms with Crippen LogP contribution in [0.4, 0.5) is 0 Å². The van der Waals surface area contributed by atoms with Crippen molar-refractivity contribution in [3.8, 4) is 0 Å². The van der Waals surface area contributed by atoms with E-state index in [1.54, 1.807) is 23.0 Å². The number of benzene rings is 2. The fourth-order valence-electron chi connectivity index (χ4n) is 3.00. The number of para-hydroxylation sites is 2. The number of aryl methyl sites for hydroxylation is 1. The quantitative estimate of drug-likeness (QED) is 0.557. The molecule has 0 saturated heterocycles. The smallest absolute Gasteiger partial charge is 0.269 e. The van der Waals surface area contributed by atoms with Gasteiger partial charge in [0.2, 0.25) is 0 Å². The van der Waals surface area contributed by atoms with E-state index < -0.39 is 0 Å². The van der Waals surface area contributed by atoms with Gasteiger partial charge < -0.3 is 5.32 Å². The number of fused-ring (bicyclic) bond motifs is 2. The van der Waals surface area contributed by atoms with Gasteiger partial charge in [-0.25, -0.2) is 9.97 Å². The summed E-state index contributed by atoms with van der Waals surface area (Å²) in [6, 6.07) is 18.5. The summed E-state index contributed by atoms with van der Waals surface area (Å²) in [5.41, 5.74) is 1.80. The molecule has 4 rings (SSSR count). The number of aromatic nitrogens is 3. The summed E-state index contributed by atoms with van der Waals surface area (Å²) in [7, 11) is 0. The highest BCUT2D eigenvalue weighted by Gasteiger charge is 2.08.